The number of pyridine rings is 1. The number of fused-ring (bicyclic) bond motifs is 1. The molecular formula is C19H21N5S. The maximum atomic E-state index is 5.98. The fraction of sp³-hybridized carbons (Fsp3) is 0.105. The molecule has 5 nitrogen and oxygen atoms in total. The average Bonchev–Trinajstić information content (AvgIpc) is 3.14. The van der Waals surface area contributed by atoms with E-state index in [-0.39, 0.29) is 0 Å². The van der Waals surface area contributed by atoms with Crippen molar-refractivity contribution in [3.8, 4) is 11.1 Å². The Balaban J connectivity index is 1.83. The second-order valence-electron chi connectivity index (χ2n) is 5.64. The van der Waals surface area contributed by atoms with Gasteiger partial charge in [-0.3, -0.25) is 0 Å². The lowest BCUT2D eigenvalue weighted by atomic mass is 10.1. The topological polar surface area (TPSA) is 103 Å². The van der Waals surface area contributed by atoms with Crippen LogP contribution < -0.4 is 22.5 Å². The Labute approximate surface area is 150 Å². The molecule has 0 amide bonds. The molecule has 0 saturated heterocycles. The lowest BCUT2D eigenvalue weighted by Crippen LogP contribution is -2.08. The first-order valence-electron chi connectivity index (χ1n) is 7.97. The molecule has 6 heteroatoms. The molecule has 3 rings (SSSR count). The van der Waals surface area contributed by atoms with Crippen LogP contribution in [-0.4, -0.2) is 11.5 Å². The number of hydrogen-bond donors (Lipinski definition) is 4. The molecule has 0 fully saturated rings. The number of anilines is 2. The monoisotopic (exact) mass is 351 g/mol. The van der Waals surface area contributed by atoms with Crippen LogP contribution in [0.2, 0.25) is 0 Å². The van der Waals surface area contributed by atoms with E-state index in [4.69, 9.17) is 17.2 Å². The second-order valence-corrected chi connectivity index (χ2v) is 6.42. The molecule has 0 aliphatic heterocycles. The lowest BCUT2D eigenvalue weighted by Gasteiger charge is -2.11. The molecule has 2 heterocycles. The third-order valence-corrected chi connectivity index (χ3v) is 4.52. The average molecular weight is 351 g/mol. The summed E-state index contributed by atoms with van der Waals surface area (Å²) >= 11 is 1.68. The Morgan fingerprint density at radius 3 is 2.84 bits per heavy atom. The van der Waals surface area contributed by atoms with Gasteiger partial charge in [-0.2, -0.15) is 11.3 Å². The third kappa shape index (κ3) is 4.10. The highest BCUT2D eigenvalue weighted by molar-refractivity contribution is 7.08. The predicted molar refractivity (Wildman–Crippen MR) is 108 cm³/mol. The summed E-state index contributed by atoms with van der Waals surface area (Å²) in [6.07, 6.45) is 5.69. The number of nitrogen functional groups attached to an aromatic ring is 1. The number of nitrogens with one attached hydrogen (secondary N) is 1. The number of benzene rings is 1. The Bertz CT molecular complexity index is 913. The van der Waals surface area contributed by atoms with Crippen LogP contribution >= 0.6 is 11.3 Å². The fourth-order valence-electron chi connectivity index (χ4n) is 2.61. The normalized spacial score (nSPS) is 12.1. The number of thiophene rings is 1. The van der Waals surface area contributed by atoms with E-state index in [1.807, 2.05) is 6.07 Å². The maximum Gasteiger partial charge on any atom is 0.126 e. The van der Waals surface area contributed by atoms with E-state index in [1.165, 1.54) is 11.8 Å². The zero-order valence-electron chi connectivity index (χ0n) is 13.8. The zero-order chi connectivity index (χ0) is 17.6. The van der Waals surface area contributed by atoms with Crippen LogP contribution in [0, 0.1) is 0 Å². The molecule has 0 unspecified atom stereocenters. The minimum atomic E-state index is 0.493. The summed E-state index contributed by atoms with van der Waals surface area (Å²) in [5.74, 6) is 0.493. The molecule has 3 aromatic rings. The van der Waals surface area contributed by atoms with Crippen LogP contribution in [0.5, 0.6) is 0 Å². The number of nitrogens with two attached hydrogens (primary N) is 3. The molecule has 0 atom stereocenters. The number of aromatic nitrogens is 1. The van der Waals surface area contributed by atoms with E-state index in [1.54, 1.807) is 23.5 Å². The minimum Gasteiger partial charge on any atom is -0.405 e. The SMILES string of the molecule is N/C=C\C=C(/N)CCNc1cc(N)nc2cc(-c3ccsc3)ccc12. The summed E-state index contributed by atoms with van der Waals surface area (Å²) in [7, 11) is 0. The maximum absolute atomic E-state index is 5.98. The highest BCUT2D eigenvalue weighted by Gasteiger charge is 2.07. The molecule has 0 saturated carbocycles. The van der Waals surface area contributed by atoms with Gasteiger partial charge < -0.3 is 22.5 Å². The van der Waals surface area contributed by atoms with Crippen molar-refractivity contribution in [2.75, 3.05) is 17.6 Å². The highest BCUT2D eigenvalue weighted by atomic mass is 32.1. The van der Waals surface area contributed by atoms with E-state index in [2.05, 4.69) is 45.3 Å². The van der Waals surface area contributed by atoms with Crippen molar-refractivity contribution in [1.82, 2.24) is 4.98 Å². The third-order valence-electron chi connectivity index (χ3n) is 3.83. The van der Waals surface area contributed by atoms with Crippen molar-refractivity contribution < 1.29 is 0 Å². The first-order chi connectivity index (χ1) is 12.2. The van der Waals surface area contributed by atoms with Crippen LogP contribution in [-0.2, 0) is 0 Å². The van der Waals surface area contributed by atoms with E-state index in [9.17, 15) is 0 Å². The Morgan fingerprint density at radius 1 is 1.20 bits per heavy atom. The van der Waals surface area contributed by atoms with Gasteiger partial charge in [0.25, 0.3) is 0 Å². The lowest BCUT2D eigenvalue weighted by molar-refractivity contribution is 0.980. The Hall–Kier alpha value is -2.99. The van der Waals surface area contributed by atoms with E-state index in [0.29, 0.717) is 18.8 Å². The zero-order valence-corrected chi connectivity index (χ0v) is 14.6. The highest BCUT2D eigenvalue weighted by Crippen LogP contribution is 2.30. The van der Waals surface area contributed by atoms with E-state index in [0.717, 1.165) is 27.9 Å². The molecule has 7 N–H and O–H groups in total. The number of nitrogens with zero attached hydrogens (tertiary/aromatic N) is 1. The molecule has 0 aliphatic carbocycles. The molecule has 2 aromatic heterocycles. The van der Waals surface area contributed by atoms with Gasteiger partial charge in [-0.1, -0.05) is 12.1 Å². The predicted octanol–water partition coefficient (Wildman–Crippen LogP) is 3.66. The van der Waals surface area contributed by atoms with Gasteiger partial charge in [0.2, 0.25) is 0 Å². The number of rotatable bonds is 6. The van der Waals surface area contributed by atoms with Gasteiger partial charge in [-0.25, -0.2) is 4.98 Å². The van der Waals surface area contributed by atoms with Gasteiger partial charge in [0.1, 0.15) is 5.82 Å². The van der Waals surface area contributed by atoms with Crippen LogP contribution in [0.4, 0.5) is 11.5 Å². The molecule has 0 radical (unpaired) electrons. The van der Waals surface area contributed by atoms with E-state index >= 15 is 0 Å². The van der Waals surface area contributed by atoms with Crippen molar-refractivity contribution in [1.29, 1.82) is 0 Å². The van der Waals surface area contributed by atoms with Gasteiger partial charge >= 0.3 is 0 Å². The molecule has 25 heavy (non-hydrogen) atoms. The summed E-state index contributed by atoms with van der Waals surface area (Å²) in [4.78, 5) is 4.47. The van der Waals surface area contributed by atoms with E-state index < -0.39 is 0 Å². The number of allylic oxidation sites excluding steroid dienone is 2. The fourth-order valence-corrected chi connectivity index (χ4v) is 3.27. The summed E-state index contributed by atoms with van der Waals surface area (Å²) in [5.41, 5.74) is 22.1. The van der Waals surface area contributed by atoms with Crippen molar-refractivity contribution in [2.45, 2.75) is 6.42 Å². The molecule has 1 aromatic carbocycles. The van der Waals surface area contributed by atoms with Gasteiger partial charge in [-0.05, 0) is 52.4 Å². The summed E-state index contributed by atoms with van der Waals surface area (Å²) < 4.78 is 0. The molecule has 0 spiro atoms. The van der Waals surface area contributed by atoms with Crippen molar-refractivity contribution >= 4 is 33.7 Å². The van der Waals surface area contributed by atoms with Gasteiger partial charge in [0.15, 0.2) is 0 Å². The van der Waals surface area contributed by atoms with Crippen molar-refractivity contribution in [2.24, 2.45) is 11.5 Å². The summed E-state index contributed by atoms with van der Waals surface area (Å²) in [6, 6.07) is 10.2. The van der Waals surface area contributed by atoms with Gasteiger partial charge in [-0.15, -0.1) is 0 Å². The van der Waals surface area contributed by atoms with Crippen LogP contribution in [0.25, 0.3) is 22.0 Å². The molecule has 0 aliphatic rings. The van der Waals surface area contributed by atoms with Crippen LogP contribution in [0.15, 0.2) is 65.1 Å². The van der Waals surface area contributed by atoms with Crippen LogP contribution in [0.3, 0.4) is 0 Å². The Morgan fingerprint density at radius 2 is 2.08 bits per heavy atom. The standard InChI is InChI=1S/C19H21N5S/c20-7-1-2-15(21)5-8-23-17-11-19(22)24-18-10-13(3-4-16(17)18)14-6-9-25-12-14/h1-4,6-7,9-12H,5,8,20-21H2,(H3,22,23,24)/b7-1-,15-2-. The quantitative estimate of drug-likeness (QED) is 0.508. The van der Waals surface area contributed by atoms with Crippen LogP contribution in [0.1, 0.15) is 6.42 Å². The van der Waals surface area contributed by atoms with Gasteiger partial charge in [0, 0.05) is 35.8 Å². The molecule has 128 valence electrons. The summed E-state index contributed by atoms with van der Waals surface area (Å²) in [6.45, 7) is 0.700. The van der Waals surface area contributed by atoms with Crippen molar-refractivity contribution in [3.63, 3.8) is 0 Å². The second kappa shape index (κ2) is 7.72. The van der Waals surface area contributed by atoms with Crippen molar-refractivity contribution in [3.05, 3.63) is 65.1 Å². The number of hydrogen-bond acceptors (Lipinski definition) is 6. The first kappa shape index (κ1) is 16.9. The molecular weight excluding hydrogens is 330 g/mol. The summed E-state index contributed by atoms with van der Waals surface area (Å²) in [5, 5.41) is 8.62. The minimum absolute atomic E-state index is 0.493. The first-order valence-corrected chi connectivity index (χ1v) is 8.91. The smallest absolute Gasteiger partial charge is 0.126 e. The van der Waals surface area contributed by atoms with Gasteiger partial charge in [0.05, 0.1) is 5.52 Å². The molecule has 0 bridgehead atoms. The largest absolute Gasteiger partial charge is 0.405 e. The Kier molecular flexibility index (Phi) is 5.20.